The monoisotopic (exact) mass is 275 g/mol. The Morgan fingerprint density at radius 3 is 2.50 bits per heavy atom. The van der Waals surface area contributed by atoms with Crippen LogP contribution < -0.4 is 10.5 Å². The maximum absolute atomic E-state index is 6.51. The van der Waals surface area contributed by atoms with Crippen LogP contribution in [0, 0.1) is 0 Å². The van der Waals surface area contributed by atoms with Gasteiger partial charge in [-0.25, -0.2) is 0 Å². The second kappa shape index (κ2) is 5.35. The van der Waals surface area contributed by atoms with Gasteiger partial charge in [0.25, 0.3) is 0 Å². The highest BCUT2D eigenvalue weighted by Gasteiger charge is 2.37. The number of benzene rings is 1. The molecule has 0 aromatic heterocycles. The SMILES string of the molecule is CC1CN(C2COc3ccccc3C2N)CC(C)N1C. The molecule has 0 amide bonds. The summed E-state index contributed by atoms with van der Waals surface area (Å²) in [6.07, 6.45) is 0. The van der Waals surface area contributed by atoms with Crippen LogP contribution >= 0.6 is 0 Å². The fraction of sp³-hybridized carbons (Fsp3) is 0.625. The van der Waals surface area contributed by atoms with Crippen molar-refractivity contribution in [3.63, 3.8) is 0 Å². The summed E-state index contributed by atoms with van der Waals surface area (Å²) in [5.41, 5.74) is 7.65. The predicted octanol–water partition coefficient (Wildman–Crippen LogP) is 1.47. The Kier molecular flexibility index (Phi) is 3.71. The van der Waals surface area contributed by atoms with Crippen LogP contribution in [0.3, 0.4) is 0 Å². The molecule has 4 atom stereocenters. The zero-order valence-electron chi connectivity index (χ0n) is 12.6. The molecule has 1 fully saturated rings. The lowest BCUT2D eigenvalue weighted by Gasteiger charge is -2.48. The van der Waals surface area contributed by atoms with Gasteiger partial charge in [0.15, 0.2) is 0 Å². The average molecular weight is 275 g/mol. The van der Waals surface area contributed by atoms with Crippen molar-refractivity contribution in [1.82, 2.24) is 9.80 Å². The third kappa shape index (κ3) is 2.32. The number of ether oxygens (including phenoxy) is 1. The first-order chi connectivity index (χ1) is 9.58. The fourth-order valence-corrected chi connectivity index (χ4v) is 3.42. The van der Waals surface area contributed by atoms with Crippen molar-refractivity contribution in [2.24, 2.45) is 5.73 Å². The Bertz CT molecular complexity index is 467. The van der Waals surface area contributed by atoms with Crippen molar-refractivity contribution in [1.29, 1.82) is 0 Å². The van der Waals surface area contributed by atoms with Crippen molar-refractivity contribution in [3.05, 3.63) is 29.8 Å². The van der Waals surface area contributed by atoms with E-state index in [-0.39, 0.29) is 12.1 Å². The minimum atomic E-state index is 0.0442. The minimum absolute atomic E-state index is 0.0442. The second-order valence-corrected chi connectivity index (χ2v) is 6.26. The fourth-order valence-electron chi connectivity index (χ4n) is 3.42. The number of likely N-dealkylation sites (N-methyl/N-ethyl adjacent to an activating group) is 1. The summed E-state index contributed by atoms with van der Waals surface area (Å²) in [7, 11) is 2.21. The normalized spacial score (nSPS) is 35.4. The maximum atomic E-state index is 6.51. The molecular weight excluding hydrogens is 250 g/mol. The number of nitrogens with two attached hydrogens (primary N) is 1. The summed E-state index contributed by atoms with van der Waals surface area (Å²) < 4.78 is 5.92. The van der Waals surface area contributed by atoms with Crippen LogP contribution in [-0.4, -0.2) is 54.7 Å². The topological polar surface area (TPSA) is 41.7 Å². The second-order valence-electron chi connectivity index (χ2n) is 6.26. The van der Waals surface area contributed by atoms with Crippen LogP contribution in [0.15, 0.2) is 24.3 Å². The van der Waals surface area contributed by atoms with E-state index in [9.17, 15) is 0 Å². The zero-order valence-corrected chi connectivity index (χ0v) is 12.6. The lowest BCUT2D eigenvalue weighted by Crippen LogP contribution is -2.61. The van der Waals surface area contributed by atoms with Gasteiger partial charge in [-0.2, -0.15) is 0 Å². The van der Waals surface area contributed by atoms with Gasteiger partial charge in [0.05, 0.1) is 12.1 Å². The molecule has 0 saturated carbocycles. The molecule has 0 radical (unpaired) electrons. The Hall–Kier alpha value is -1.10. The number of fused-ring (bicyclic) bond motifs is 1. The lowest BCUT2D eigenvalue weighted by atomic mass is 9.94. The number of rotatable bonds is 1. The van der Waals surface area contributed by atoms with Gasteiger partial charge in [-0.1, -0.05) is 18.2 Å². The van der Waals surface area contributed by atoms with Gasteiger partial charge in [0, 0.05) is 30.7 Å². The van der Waals surface area contributed by atoms with E-state index in [1.165, 1.54) is 0 Å². The molecule has 0 bridgehead atoms. The van der Waals surface area contributed by atoms with Gasteiger partial charge >= 0.3 is 0 Å². The van der Waals surface area contributed by atoms with E-state index in [1.807, 2.05) is 18.2 Å². The molecule has 0 spiro atoms. The Morgan fingerprint density at radius 1 is 1.15 bits per heavy atom. The van der Waals surface area contributed by atoms with E-state index in [0.29, 0.717) is 18.7 Å². The molecule has 2 aliphatic rings. The van der Waals surface area contributed by atoms with Crippen LogP contribution in [-0.2, 0) is 0 Å². The number of hydrogen-bond donors (Lipinski definition) is 1. The Labute approximate surface area is 121 Å². The van der Waals surface area contributed by atoms with Gasteiger partial charge in [-0.15, -0.1) is 0 Å². The molecule has 2 aliphatic heterocycles. The molecule has 20 heavy (non-hydrogen) atoms. The standard InChI is InChI=1S/C16H25N3O/c1-11-8-19(9-12(2)18(11)3)14-10-20-15-7-5-4-6-13(15)16(14)17/h4-7,11-12,14,16H,8-10,17H2,1-3H3. The Morgan fingerprint density at radius 2 is 1.80 bits per heavy atom. The Balaban J connectivity index is 1.79. The van der Waals surface area contributed by atoms with Crippen molar-refractivity contribution >= 4 is 0 Å². The summed E-state index contributed by atoms with van der Waals surface area (Å²) in [5, 5.41) is 0. The summed E-state index contributed by atoms with van der Waals surface area (Å²) in [6, 6.07) is 9.60. The first kappa shape index (κ1) is 13.9. The van der Waals surface area contributed by atoms with E-state index in [4.69, 9.17) is 10.5 Å². The molecule has 2 N–H and O–H groups in total. The molecule has 2 heterocycles. The number of para-hydroxylation sites is 1. The van der Waals surface area contributed by atoms with Crippen LogP contribution in [0.5, 0.6) is 5.75 Å². The summed E-state index contributed by atoms with van der Waals surface area (Å²) in [4.78, 5) is 4.95. The van der Waals surface area contributed by atoms with Gasteiger partial charge in [0.2, 0.25) is 0 Å². The van der Waals surface area contributed by atoms with Crippen molar-refractivity contribution in [3.8, 4) is 5.75 Å². The molecule has 1 aromatic rings. The molecule has 1 saturated heterocycles. The third-order valence-corrected chi connectivity index (χ3v) is 4.96. The van der Waals surface area contributed by atoms with Crippen molar-refractivity contribution < 1.29 is 4.74 Å². The van der Waals surface area contributed by atoms with Gasteiger partial charge in [-0.05, 0) is 27.0 Å². The van der Waals surface area contributed by atoms with E-state index >= 15 is 0 Å². The average Bonchev–Trinajstić information content (AvgIpc) is 2.45. The summed E-state index contributed by atoms with van der Waals surface area (Å²) >= 11 is 0. The number of hydrogen-bond acceptors (Lipinski definition) is 4. The third-order valence-electron chi connectivity index (χ3n) is 4.96. The first-order valence-electron chi connectivity index (χ1n) is 7.51. The van der Waals surface area contributed by atoms with Crippen LogP contribution in [0.1, 0.15) is 25.5 Å². The molecule has 1 aromatic carbocycles. The summed E-state index contributed by atoms with van der Waals surface area (Å²) in [5.74, 6) is 0.950. The molecule has 110 valence electrons. The number of nitrogens with zero attached hydrogens (tertiary/aromatic N) is 2. The van der Waals surface area contributed by atoms with E-state index in [2.05, 4.69) is 36.8 Å². The molecule has 4 nitrogen and oxygen atoms in total. The van der Waals surface area contributed by atoms with Gasteiger partial charge in [-0.3, -0.25) is 9.80 Å². The van der Waals surface area contributed by atoms with Crippen LogP contribution in [0.2, 0.25) is 0 Å². The molecule has 3 rings (SSSR count). The molecule has 0 aliphatic carbocycles. The largest absolute Gasteiger partial charge is 0.492 e. The highest BCUT2D eigenvalue weighted by molar-refractivity contribution is 5.38. The van der Waals surface area contributed by atoms with Gasteiger partial charge < -0.3 is 10.5 Å². The van der Waals surface area contributed by atoms with Crippen LogP contribution in [0.25, 0.3) is 0 Å². The quantitative estimate of drug-likeness (QED) is 0.843. The highest BCUT2D eigenvalue weighted by atomic mass is 16.5. The maximum Gasteiger partial charge on any atom is 0.124 e. The first-order valence-corrected chi connectivity index (χ1v) is 7.51. The van der Waals surface area contributed by atoms with E-state index < -0.39 is 0 Å². The molecule has 4 unspecified atom stereocenters. The highest BCUT2D eigenvalue weighted by Crippen LogP contribution is 2.33. The lowest BCUT2D eigenvalue weighted by molar-refractivity contribution is 0.00571. The summed E-state index contributed by atoms with van der Waals surface area (Å²) in [6.45, 7) is 7.38. The number of piperazine rings is 1. The van der Waals surface area contributed by atoms with Crippen LogP contribution in [0.4, 0.5) is 0 Å². The molecule has 4 heteroatoms. The minimum Gasteiger partial charge on any atom is -0.492 e. The smallest absolute Gasteiger partial charge is 0.124 e. The zero-order chi connectivity index (χ0) is 14.3. The van der Waals surface area contributed by atoms with E-state index in [1.54, 1.807) is 0 Å². The van der Waals surface area contributed by atoms with Crippen molar-refractivity contribution in [2.45, 2.75) is 38.0 Å². The molecular formula is C16H25N3O. The van der Waals surface area contributed by atoms with Gasteiger partial charge in [0.1, 0.15) is 12.4 Å². The van der Waals surface area contributed by atoms with E-state index in [0.717, 1.165) is 24.4 Å². The predicted molar refractivity (Wildman–Crippen MR) is 80.9 cm³/mol. The van der Waals surface area contributed by atoms with Crippen molar-refractivity contribution in [2.75, 3.05) is 26.7 Å².